The number of anilines is 1. The highest BCUT2D eigenvalue weighted by molar-refractivity contribution is 7.92. The summed E-state index contributed by atoms with van der Waals surface area (Å²) < 4.78 is 28.9. The second-order valence-corrected chi connectivity index (χ2v) is 10.5. The minimum Gasteiger partial charge on any atom is -0.265 e. The molecule has 2 aliphatic rings. The first-order chi connectivity index (χ1) is 13.8. The van der Waals surface area contributed by atoms with E-state index in [0.717, 1.165) is 30.5 Å². The lowest BCUT2D eigenvalue weighted by Crippen LogP contribution is -2.30. The van der Waals surface area contributed by atoms with E-state index < -0.39 is 10.0 Å². The third-order valence-corrected chi connectivity index (χ3v) is 8.41. The minimum absolute atomic E-state index is 0.380. The molecule has 3 nitrogen and oxygen atoms in total. The van der Waals surface area contributed by atoms with E-state index in [0.29, 0.717) is 23.3 Å². The van der Waals surface area contributed by atoms with Gasteiger partial charge in [0.25, 0.3) is 10.0 Å². The molecule has 154 valence electrons. The third-order valence-electron chi connectivity index (χ3n) is 6.60. The molecule has 4 heteroatoms. The van der Waals surface area contributed by atoms with Crippen molar-refractivity contribution < 1.29 is 8.42 Å². The van der Waals surface area contributed by atoms with Gasteiger partial charge in [-0.15, -0.1) is 0 Å². The van der Waals surface area contributed by atoms with Crippen LogP contribution in [0.1, 0.15) is 78.8 Å². The summed E-state index contributed by atoms with van der Waals surface area (Å²) in [5, 5.41) is 0. The smallest absolute Gasteiger partial charge is 0.264 e. The molecule has 0 bridgehead atoms. The summed E-state index contributed by atoms with van der Waals surface area (Å²) >= 11 is 0. The van der Waals surface area contributed by atoms with Gasteiger partial charge in [0.05, 0.1) is 10.6 Å². The number of hydrogen-bond acceptors (Lipinski definition) is 2. The second kappa shape index (κ2) is 7.32. The molecule has 0 amide bonds. The van der Waals surface area contributed by atoms with Gasteiger partial charge in [0, 0.05) is 6.54 Å². The monoisotopic (exact) mass is 409 g/mol. The molecule has 1 heterocycles. The molecule has 2 aromatic carbocycles. The molecule has 2 aromatic rings. The fourth-order valence-electron chi connectivity index (χ4n) is 5.29. The number of sulfonamides is 1. The first-order valence-electron chi connectivity index (χ1n) is 10.7. The molecule has 4 rings (SSSR count). The van der Waals surface area contributed by atoms with Gasteiger partial charge >= 0.3 is 0 Å². The highest BCUT2D eigenvalue weighted by atomic mass is 32.2. The predicted octanol–water partition coefficient (Wildman–Crippen LogP) is 6.09. The predicted molar refractivity (Wildman–Crippen MR) is 121 cm³/mol. The molecular formula is C25H31NO2S. The third kappa shape index (κ3) is 3.13. The van der Waals surface area contributed by atoms with Gasteiger partial charge < -0.3 is 0 Å². The lowest BCUT2D eigenvalue weighted by Gasteiger charge is -2.26. The molecule has 0 saturated heterocycles. The lowest BCUT2D eigenvalue weighted by molar-refractivity contribution is 0.592. The highest BCUT2D eigenvalue weighted by Gasteiger charge is 2.40. The van der Waals surface area contributed by atoms with Crippen molar-refractivity contribution in [1.82, 2.24) is 0 Å². The van der Waals surface area contributed by atoms with E-state index in [1.54, 1.807) is 16.4 Å². The van der Waals surface area contributed by atoms with Crippen molar-refractivity contribution in [3.05, 3.63) is 63.7 Å². The Hall–Kier alpha value is -2.07. The van der Waals surface area contributed by atoms with E-state index in [1.807, 2.05) is 19.1 Å². The molecule has 0 saturated carbocycles. The molecular weight excluding hydrogens is 378 g/mol. The molecule has 0 N–H and O–H groups in total. The number of benzene rings is 2. The Balaban J connectivity index is 1.96. The molecule has 1 aliphatic carbocycles. The average Bonchev–Trinajstić information content (AvgIpc) is 3.23. The standard InChI is InChI=1S/C25H31NO2S/c1-6-7-8-21-19(5)23-17(3)15-18(4)24(23)25-22(21)13-14-26(25)29(27,28)20-11-9-16(2)10-12-20/h7-12,17-18H,6,13-15H2,1-5H3/b8-7+/t17-,18+/m0/s1. The van der Waals surface area contributed by atoms with Gasteiger partial charge in [-0.2, -0.15) is 0 Å². The molecule has 1 aliphatic heterocycles. The normalized spacial score (nSPS) is 21.1. The number of hydrogen-bond donors (Lipinski definition) is 0. The van der Waals surface area contributed by atoms with Crippen LogP contribution in [0.5, 0.6) is 0 Å². The Labute approximate surface area is 175 Å². The number of fused-ring (bicyclic) bond motifs is 3. The van der Waals surface area contributed by atoms with E-state index in [1.165, 1.54) is 27.8 Å². The Morgan fingerprint density at radius 1 is 1.07 bits per heavy atom. The Bertz CT molecular complexity index is 1080. The van der Waals surface area contributed by atoms with Crippen LogP contribution in [0.3, 0.4) is 0 Å². The molecule has 0 fully saturated rings. The largest absolute Gasteiger partial charge is 0.265 e. The van der Waals surface area contributed by atoms with E-state index in [9.17, 15) is 8.42 Å². The maximum atomic E-state index is 13.6. The summed E-state index contributed by atoms with van der Waals surface area (Å²) in [7, 11) is -3.57. The zero-order valence-corrected chi connectivity index (χ0v) is 18.9. The molecule has 0 spiro atoms. The van der Waals surface area contributed by atoms with Crippen molar-refractivity contribution in [2.24, 2.45) is 0 Å². The van der Waals surface area contributed by atoms with E-state index in [2.05, 4.69) is 39.8 Å². The van der Waals surface area contributed by atoms with Gasteiger partial charge in [-0.1, -0.05) is 50.6 Å². The summed E-state index contributed by atoms with van der Waals surface area (Å²) in [4.78, 5) is 0.384. The summed E-state index contributed by atoms with van der Waals surface area (Å²) in [6.45, 7) is 11.4. The van der Waals surface area contributed by atoms with Gasteiger partial charge in [-0.25, -0.2) is 8.42 Å². The van der Waals surface area contributed by atoms with Crippen LogP contribution in [0.2, 0.25) is 0 Å². The second-order valence-electron chi connectivity index (χ2n) is 8.68. The van der Waals surface area contributed by atoms with Crippen molar-refractivity contribution in [3.63, 3.8) is 0 Å². The number of allylic oxidation sites excluding steroid dienone is 1. The van der Waals surface area contributed by atoms with Crippen molar-refractivity contribution in [2.75, 3.05) is 10.8 Å². The molecule has 0 unspecified atom stereocenters. The van der Waals surface area contributed by atoms with Gasteiger partial charge in [-0.3, -0.25) is 4.31 Å². The van der Waals surface area contributed by atoms with Gasteiger partial charge in [-0.05, 0) is 84.9 Å². The first-order valence-corrected chi connectivity index (χ1v) is 12.2. The van der Waals surface area contributed by atoms with Crippen LogP contribution in [0.15, 0.2) is 35.2 Å². The van der Waals surface area contributed by atoms with Gasteiger partial charge in [0.1, 0.15) is 0 Å². The number of rotatable bonds is 4. The summed E-state index contributed by atoms with van der Waals surface area (Å²) in [6.07, 6.45) is 7.24. The fourth-order valence-corrected chi connectivity index (χ4v) is 6.81. The molecule has 29 heavy (non-hydrogen) atoms. The van der Waals surface area contributed by atoms with Crippen LogP contribution in [0, 0.1) is 13.8 Å². The van der Waals surface area contributed by atoms with Crippen LogP contribution in [-0.4, -0.2) is 15.0 Å². The molecule has 2 atom stereocenters. The number of aryl methyl sites for hydroxylation is 1. The van der Waals surface area contributed by atoms with Gasteiger partial charge in [0.2, 0.25) is 0 Å². The van der Waals surface area contributed by atoms with Crippen molar-refractivity contribution >= 4 is 21.8 Å². The lowest BCUT2D eigenvalue weighted by atomic mass is 9.87. The van der Waals surface area contributed by atoms with Crippen LogP contribution in [-0.2, 0) is 16.4 Å². The van der Waals surface area contributed by atoms with Gasteiger partial charge in [0.15, 0.2) is 0 Å². The maximum absolute atomic E-state index is 13.6. The number of nitrogens with zero attached hydrogens (tertiary/aromatic N) is 1. The van der Waals surface area contributed by atoms with Crippen LogP contribution in [0.25, 0.3) is 6.08 Å². The average molecular weight is 410 g/mol. The Morgan fingerprint density at radius 3 is 2.38 bits per heavy atom. The zero-order valence-electron chi connectivity index (χ0n) is 18.1. The van der Waals surface area contributed by atoms with E-state index in [-0.39, 0.29) is 0 Å². The van der Waals surface area contributed by atoms with Crippen LogP contribution >= 0.6 is 0 Å². The summed E-state index contributed by atoms with van der Waals surface area (Å²) in [6, 6.07) is 7.23. The highest BCUT2D eigenvalue weighted by Crippen LogP contribution is 2.53. The van der Waals surface area contributed by atoms with Crippen molar-refractivity contribution in [3.8, 4) is 0 Å². The van der Waals surface area contributed by atoms with Crippen LogP contribution in [0.4, 0.5) is 5.69 Å². The molecule has 0 radical (unpaired) electrons. The Morgan fingerprint density at radius 2 is 1.72 bits per heavy atom. The SMILES string of the molecule is CC/C=C/c1c(C)c2c(c3c1CCN3S(=O)(=O)c1ccc(C)cc1)[C@H](C)C[C@@H]2C. The van der Waals surface area contributed by atoms with Crippen molar-refractivity contribution in [1.29, 1.82) is 0 Å². The van der Waals surface area contributed by atoms with Crippen molar-refractivity contribution in [2.45, 2.75) is 70.6 Å². The minimum atomic E-state index is -3.57. The maximum Gasteiger partial charge on any atom is 0.264 e. The van der Waals surface area contributed by atoms with E-state index >= 15 is 0 Å². The zero-order chi connectivity index (χ0) is 20.9. The van der Waals surface area contributed by atoms with Crippen LogP contribution < -0.4 is 4.31 Å². The van der Waals surface area contributed by atoms with E-state index in [4.69, 9.17) is 0 Å². The fraction of sp³-hybridized carbons (Fsp3) is 0.440. The summed E-state index contributed by atoms with van der Waals surface area (Å²) in [5.74, 6) is 0.842. The first kappa shape index (κ1) is 20.2. The summed E-state index contributed by atoms with van der Waals surface area (Å²) in [5.41, 5.74) is 8.47. The topological polar surface area (TPSA) is 37.4 Å². The molecule has 0 aromatic heterocycles. The Kier molecular flexibility index (Phi) is 5.10. The quantitative estimate of drug-likeness (QED) is 0.613.